The van der Waals surface area contributed by atoms with Crippen LogP contribution < -0.4 is 10.6 Å². The van der Waals surface area contributed by atoms with Crippen molar-refractivity contribution in [1.82, 2.24) is 0 Å². The molecule has 0 saturated carbocycles. The molecule has 0 saturated heterocycles. The highest BCUT2D eigenvalue weighted by Crippen LogP contribution is 2.22. The molecule has 1 heterocycles. The minimum atomic E-state index is -0.315. The van der Waals surface area contributed by atoms with E-state index in [2.05, 4.69) is 24.5 Å². The molecule has 2 amide bonds. The standard InChI is InChI=1S/C22H22N2O3/c1-14(2)16-6-8-17(9-7-16)21(25)23-18-10-11-19(15(3)13-18)24-22(26)20-5-4-12-27-20/h4-14H,1-3H3,(H,23,25)(H,24,26). The van der Waals surface area contributed by atoms with Crippen molar-refractivity contribution in [2.24, 2.45) is 0 Å². The first-order valence-electron chi connectivity index (χ1n) is 8.81. The molecule has 3 rings (SSSR count). The van der Waals surface area contributed by atoms with Crippen LogP contribution in [0.4, 0.5) is 11.4 Å². The summed E-state index contributed by atoms with van der Waals surface area (Å²) in [7, 11) is 0. The van der Waals surface area contributed by atoms with Gasteiger partial charge in [-0.1, -0.05) is 26.0 Å². The molecule has 1 aromatic heterocycles. The number of carbonyl (C=O) groups is 2. The monoisotopic (exact) mass is 362 g/mol. The number of benzene rings is 2. The number of furan rings is 1. The van der Waals surface area contributed by atoms with Gasteiger partial charge in [-0.15, -0.1) is 0 Å². The molecule has 2 N–H and O–H groups in total. The van der Waals surface area contributed by atoms with E-state index >= 15 is 0 Å². The number of nitrogens with one attached hydrogen (secondary N) is 2. The van der Waals surface area contributed by atoms with E-state index < -0.39 is 0 Å². The number of carbonyl (C=O) groups excluding carboxylic acids is 2. The molecular weight excluding hydrogens is 340 g/mol. The highest BCUT2D eigenvalue weighted by molar-refractivity contribution is 6.05. The average Bonchev–Trinajstić information content (AvgIpc) is 3.19. The zero-order valence-electron chi connectivity index (χ0n) is 15.6. The van der Waals surface area contributed by atoms with Crippen LogP contribution in [0.1, 0.15) is 51.8 Å². The number of rotatable bonds is 5. The summed E-state index contributed by atoms with van der Waals surface area (Å²) < 4.78 is 5.09. The fourth-order valence-electron chi connectivity index (χ4n) is 2.70. The van der Waals surface area contributed by atoms with Gasteiger partial charge in [0, 0.05) is 16.9 Å². The summed E-state index contributed by atoms with van der Waals surface area (Å²) in [4.78, 5) is 24.5. The molecule has 5 nitrogen and oxygen atoms in total. The number of hydrogen-bond acceptors (Lipinski definition) is 3. The molecule has 0 aliphatic heterocycles. The quantitative estimate of drug-likeness (QED) is 0.654. The summed E-state index contributed by atoms with van der Waals surface area (Å²) in [5.74, 6) is 0.188. The third-order valence-electron chi connectivity index (χ3n) is 4.32. The van der Waals surface area contributed by atoms with Gasteiger partial charge in [-0.25, -0.2) is 0 Å². The average molecular weight is 362 g/mol. The van der Waals surface area contributed by atoms with Gasteiger partial charge in [-0.05, 0) is 66.4 Å². The molecule has 27 heavy (non-hydrogen) atoms. The summed E-state index contributed by atoms with van der Waals surface area (Å²) in [5.41, 5.74) is 3.96. The predicted octanol–water partition coefficient (Wildman–Crippen LogP) is 5.22. The zero-order chi connectivity index (χ0) is 19.4. The minimum absolute atomic E-state index is 0.169. The smallest absolute Gasteiger partial charge is 0.291 e. The molecular formula is C22H22N2O3. The Balaban J connectivity index is 1.68. The Labute approximate surface area is 158 Å². The lowest BCUT2D eigenvalue weighted by Gasteiger charge is -2.11. The summed E-state index contributed by atoms with van der Waals surface area (Å²) in [6.07, 6.45) is 1.45. The highest BCUT2D eigenvalue weighted by atomic mass is 16.3. The lowest BCUT2D eigenvalue weighted by atomic mass is 10.0. The molecule has 0 unspecified atom stereocenters. The number of amides is 2. The van der Waals surface area contributed by atoms with Gasteiger partial charge >= 0.3 is 0 Å². The van der Waals surface area contributed by atoms with Crippen molar-refractivity contribution in [1.29, 1.82) is 0 Å². The molecule has 0 aliphatic rings. The van der Waals surface area contributed by atoms with Crippen LogP contribution >= 0.6 is 0 Å². The lowest BCUT2D eigenvalue weighted by Crippen LogP contribution is -2.14. The van der Waals surface area contributed by atoms with E-state index in [1.54, 1.807) is 24.3 Å². The molecule has 138 valence electrons. The summed E-state index contributed by atoms with van der Waals surface area (Å²) >= 11 is 0. The topological polar surface area (TPSA) is 71.3 Å². The predicted molar refractivity (Wildman–Crippen MR) is 106 cm³/mol. The molecule has 0 spiro atoms. The fourth-order valence-corrected chi connectivity index (χ4v) is 2.70. The number of aryl methyl sites for hydroxylation is 1. The Kier molecular flexibility index (Phi) is 5.41. The van der Waals surface area contributed by atoms with Gasteiger partial charge in [0.2, 0.25) is 0 Å². The normalized spacial score (nSPS) is 10.7. The molecule has 0 atom stereocenters. The Bertz CT molecular complexity index is 942. The maximum absolute atomic E-state index is 12.4. The summed E-state index contributed by atoms with van der Waals surface area (Å²) in [6.45, 7) is 6.10. The van der Waals surface area contributed by atoms with E-state index in [9.17, 15) is 9.59 Å². The second kappa shape index (κ2) is 7.91. The van der Waals surface area contributed by atoms with Gasteiger partial charge < -0.3 is 15.1 Å². The van der Waals surface area contributed by atoms with E-state index in [-0.39, 0.29) is 17.6 Å². The maximum Gasteiger partial charge on any atom is 0.291 e. The van der Waals surface area contributed by atoms with Crippen LogP contribution in [0, 0.1) is 6.92 Å². The molecule has 0 bridgehead atoms. The molecule has 0 radical (unpaired) electrons. The van der Waals surface area contributed by atoms with Crippen molar-refractivity contribution >= 4 is 23.2 Å². The SMILES string of the molecule is Cc1cc(NC(=O)c2ccc(C(C)C)cc2)ccc1NC(=O)c1ccco1. The van der Waals surface area contributed by atoms with E-state index in [0.29, 0.717) is 22.9 Å². The van der Waals surface area contributed by atoms with E-state index in [1.165, 1.54) is 11.8 Å². The Morgan fingerprint density at radius 1 is 0.926 bits per heavy atom. The fraction of sp³-hybridized carbons (Fsp3) is 0.182. The van der Waals surface area contributed by atoms with Crippen LogP contribution in [0.25, 0.3) is 0 Å². The van der Waals surface area contributed by atoms with E-state index in [4.69, 9.17) is 4.42 Å². The van der Waals surface area contributed by atoms with Crippen LogP contribution in [0.5, 0.6) is 0 Å². The van der Waals surface area contributed by atoms with Gasteiger partial charge in [0.05, 0.1) is 6.26 Å². The Morgan fingerprint density at radius 2 is 1.67 bits per heavy atom. The Morgan fingerprint density at radius 3 is 2.26 bits per heavy atom. The second-order valence-electron chi connectivity index (χ2n) is 6.69. The van der Waals surface area contributed by atoms with Gasteiger partial charge in [-0.2, -0.15) is 0 Å². The molecule has 2 aromatic carbocycles. The van der Waals surface area contributed by atoms with Gasteiger partial charge in [0.1, 0.15) is 0 Å². The summed E-state index contributed by atoms with van der Waals surface area (Å²) in [6, 6.07) is 16.2. The van der Waals surface area contributed by atoms with Crippen molar-refractivity contribution in [3.8, 4) is 0 Å². The number of anilines is 2. The Hall–Kier alpha value is -3.34. The van der Waals surface area contributed by atoms with Crippen molar-refractivity contribution in [3.05, 3.63) is 83.3 Å². The van der Waals surface area contributed by atoms with Crippen molar-refractivity contribution < 1.29 is 14.0 Å². The highest BCUT2D eigenvalue weighted by Gasteiger charge is 2.12. The third kappa shape index (κ3) is 4.44. The largest absolute Gasteiger partial charge is 0.459 e. The zero-order valence-corrected chi connectivity index (χ0v) is 15.6. The molecule has 0 aliphatic carbocycles. The van der Waals surface area contributed by atoms with Gasteiger partial charge in [0.15, 0.2) is 5.76 Å². The molecule has 5 heteroatoms. The van der Waals surface area contributed by atoms with Crippen LogP contribution in [0.3, 0.4) is 0 Å². The lowest BCUT2D eigenvalue weighted by molar-refractivity contribution is 0.0994. The van der Waals surface area contributed by atoms with Crippen molar-refractivity contribution in [2.75, 3.05) is 10.6 Å². The first kappa shape index (κ1) is 18.5. The van der Waals surface area contributed by atoms with Gasteiger partial charge in [0.25, 0.3) is 11.8 Å². The minimum Gasteiger partial charge on any atom is -0.459 e. The molecule has 0 fully saturated rings. The van der Waals surface area contributed by atoms with Crippen LogP contribution in [-0.2, 0) is 0 Å². The maximum atomic E-state index is 12.4. The van der Waals surface area contributed by atoms with Crippen LogP contribution in [0.15, 0.2) is 65.3 Å². The van der Waals surface area contributed by atoms with Crippen molar-refractivity contribution in [3.63, 3.8) is 0 Å². The van der Waals surface area contributed by atoms with Crippen LogP contribution in [0.2, 0.25) is 0 Å². The van der Waals surface area contributed by atoms with E-state index in [1.807, 2.05) is 37.3 Å². The van der Waals surface area contributed by atoms with Crippen molar-refractivity contribution in [2.45, 2.75) is 26.7 Å². The van der Waals surface area contributed by atoms with E-state index in [0.717, 1.165) is 5.56 Å². The third-order valence-corrected chi connectivity index (χ3v) is 4.32. The summed E-state index contributed by atoms with van der Waals surface area (Å²) in [5, 5.41) is 5.68. The van der Waals surface area contributed by atoms with Gasteiger partial charge in [-0.3, -0.25) is 9.59 Å². The van der Waals surface area contributed by atoms with Crippen LogP contribution in [-0.4, -0.2) is 11.8 Å². The number of hydrogen-bond donors (Lipinski definition) is 2. The first-order chi connectivity index (χ1) is 12.9. The first-order valence-corrected chi connectivity index (χ1v) is 8.81. The second-order valence-corrected chi connectivity index (χ2v) is 6.69. The molecule has 3 aromatic rings.